The summed E-state index contributed by atoms with van der Waals surface area (Å²) in [5.74, 6) is -1.75. The third kappa shape index (κ3) is 5.09. The van der Waals surface area contributed by atoms with Gasteiger partial charge in [0, 0.05) is 25.5 Å². The lowest BCUT2D eigenvalue weighted by Crippen LogP contribution is -2.33. The van der Waals surface area contributed by atoms with Crippen molar-refractivity contribution in [1.82, 2.24) is 0 Å². The Labute approximate surface area is 155 Å². The molecule has 0 aromatic heterocycles. The lowest BCUT2D eigenvalue weighted by molar-refractivity contribution is -0.150. The monoisotopic (exact) mass is 354 g/mol. The molecule has 1 N–H and O–H groups in total. The number of carbonyl (C=O) groups is 2. The number of nitrogens with one attached hydrogen (secondary N) is 1. The van der Waals surface area contributed by atoms with E-state index in [0.717, 1.165) is 16.8 Å². The number of anilines is 2. The number of carbonyl (C=O) groups excluding carboxylic acids is 2. The first kappa shape index (κ1) is 19.5. The van der Waals surface area contributed by atoms with Crippen LogP contribution in [0, 0.1) is 12.8 Å². The Hall–Kier alpha value is -2.82. The van der Waals surface area contributed by atoms with Crippen LogP contribution in [0.3, 0.4) is 0 Å². The highest BCUT2D eigenvalue weighted by Gasteiger charge is 2.28. The Morgan fingerprint density at radius 1 is 1.12 bits per heavy atom. The van der Waals surface area contributed by atoms with E-state index in [1.54, 1.807) is 6.92 Å². The zero-order valence-electron chi connectivity index (χ0n) is 15.8. The van der Waals surface area contributed by atoms with Gasteiger partial charge in [0.25, 0.3) is 0 Å². The number of esters is 1. The molecular weight excluding hydrogens is 328 g/mol. The van der Waals surface area contributed by atoms with Crippen LogP contribution in [0.1, 0.15) is 18.1 Å². The van der Waals surface area contributed by atoms with E-state index in [0.29, 0.717) is 12.1 Å². The van der Waals surface area contributed by atoms with Crippen molar-refractivity contribution < 1.29 is 14.3 Å². The molecule has 138 valence electrons. The van der Waals surface area contributed by atoms with Crippen molar-refractivity contribution in [1.29, 1.82) is 0 Å². The molecule has 0 heterocycles. The average Bonchev–Trinajstić information content (AvgIpc) is 2.62. The zero-order valence-corrected chi connectivity index (χ0v) is 15.8. The summed E-state index contributed by atoms with van der Waals surface area (Å²) in [6.45, 7) is 3.90. The first-order valence-electron chi connectivity index (χ1n) is 8.71. The maximum absolute atomic E-state index is 12.8. The molecule has 2 aromatic rings. The summed E-state index contributed by atoms with van der Waals surface area (Å²) in [6, 6.07) is 15.3. The van der Waals surface area contributed by atoms with Crippen LogP contribution in [-0.2, 0) is 20.7 Å². The normalized spacial score (nSPS) is 11.5. The van der Waals surface area contributed by atoms with Crippen molar-refractivity contribution >= 4 is 23.3 Å². The largest absolute Gasteiger partial charge is 0.465 e. The molecular formula is C21H26N2O3. The molecule has 0 saturated heterocycles. The molecule has 0 radical (unpaired) electrons. The quantitative estimate of drug-likeness (QED) is 0.611. The van der Waals surface area contributed by atoms with Crippen molar-refractivity contribution in [2.75, 3.05) is 30.9 Å². The molecule has 5 nitrogen and oxygen atoms in total. The van der Waals surface area contributed by atoms with Crippen LogP contribution >= 0.6 is 0 Å². The smallest absolute Gasteiger partial charge is 0.318 e. The predicted molar refractivity (Wildman–Crippen MR) is 104 cm³/mol. The summed E-state index contributed by atoms with van der Waals surface area (Å²) >= 11 is 0. The van der Waals surface area contributed by atoms with Gasteiger partial charge in [0.1, 0.15) is 5.92 Å². The van der Waals surface area contributed by atoms with Gasteiger partial charge < -0.3 is 15.0 Å². The maximum atomic E-state index is 12.8. The topological polar surface area (TPSA) is 58.6 Å². The molecule has 1 unspecified atom stereocenters. The van der Waals surface area contributed by atoms with Crippen molar-refractivity contribution in [2.24, 2.45) is 5.92 Å². The molecule has 0 aliphatic heterocycles. The van der Waals surface area contributed by atoms with Gasteiger partial charge in [-0.25, -0.2) is 0 Å². The maximum Gasteiger partial charge on any atom is 0.318 e. The number of hydrogen-bond acceptors (Lipinski definition) is 4. The van der Waals surface area contributed by atoms with Crippen LogP contribution in [0.4, 0.5) is 11.4 Å². The summed E-state index contributed by atoms with van der Waals surface area (Å²) in [6.07, 6.45) is 0.303. The Bertz CT molecular complexity index is 757. The Morgan fingerprint density at radius 3 is 2.42 bits per heavy atom. The minimum atomic E-state index is -0.889. The number of nitrogens with zero attached hydrogens (tertiary/aromatic N) is 1. The highest BCUT2D eigenvalue weighted by Crippen LogP contribution is 2.23. The molecule has 2 aromatic carbocycles. The van der Waals surface area contributed by atoms with Gasteiger partial charge in [-0.1, -0.05) is 36.4 Å². The molecule has 0 spiro atoms. The highest BCUT2D eigenvalue weighted by atomic mass is 16.5. The molecule has 2 rings (SSSR count). The van der Waals surface area contributed by atoms with Gasteiger partial charge in [-0.2, -0.15) is 0 Å². The van der Waals surface area contributed by atoms with Gasteiger partial charge in [-0.15, -0.1) is 0 Å². The van der Waals surface area contributed by atoms with E-state index in [1.165, 1.54) is 0 Å². The van der Waals surface area contributed by atoms with Crippen molar-refractivity contribution in [3.63, 3.8) is 0 Å². The van der Waals surface area contributed by atoms with Gasteiger partial charge in [-0.05, 0) is 43.5 Å². The molecule has 26 heavy (non-hydrogen) atoms. The number of amides is 1. The van der Waals surface area contributed by atoms with Crippen molar-refractivity contribution in [2.45, 2.75) is 20.3 Å². The number of benzene rings is 2. The van der Waals surface area contributed by atoms with Gasteiger partial charge >= 0.3 is 5.97 Å². The first-order chi connectivity index (χ1) is 12.4. The van der Waals surface area contributed by atoms with E-state index < -0.39 is 11.9 Å². The SMILES string of the molecule is CCOC(=O)C(Cc1ccccc1)C(=O)Nc1cc(N(C)C)ccc1C. The molecule has 0 saturated carbocycles. The van der Waals surface area contributed by atoms with Gasteiger partial charge in [0.15, 0.2) is 0 Å². The first-order valence-corrected chi connectivity index (χ1v) is 8.71. The van der Waals surface area contributed by atoms with E-state index in [9.17, 15) is 9.59 Å². The van der Waals surface area contributed by atoms with E-state index in [1.807, 2.05) is 74.4 Å². The Kier molecular flexibility index (Phi) is 6.78. The van der Waals surface area contributed by atoms with Crippen LogP contribution in [0.15, 0.2) is 48.5 Å². The minimum Gasteiger partial charge on any atom is -0.465 e. The second-order valence-electron chi connectivity index (χ2n) is 6.38. The van der Waals surface area contributed by atoms with Gasteiger partial charge in [-0.3, -0.25) is 9.59 Å². The number of aryl methyl sites for hydroxylation is 1. The molecule has 1 atom stereocenters. The third-order valence-electron chi connectivity index (χ3n) is 4.17. The van der Waals surface area contributed by atoms with E-state index in [-0.39, 0.29) is 12.5 Å². The van der Waals surface area contributed by atoms with Gasteiger partial charge in [0.2, 0.25) is 5.91 Å². The van der Waals surface area contributed by atoms with Crippen molar-refractivity contribution in [3.05, 3.63) is 59.7 Å². The predicted octanol–water partition coefficient (Wildman–Crippen LogP) is 3.42. The van der Waals surface area contributed by atoms with Crippen LogP contribution in [0.25, 0.3) is 0 Å². The average molecular weight is 354 g/mol. The van der Waals surface area contributed by atoms with Crippen molar-refractivity contribution in [3.8, 4) is 0 Å². The second kappa shape index (κ2) is 9.04. The fraction of sp³-hybridized carbons (Fsp3) is 0.333. The van der Waals surface area contributed by atoms with E-state index in [2.05, 4.69) is 5.32 Å². The molecule has 0 aliphatic rings. The molecule has 0 fully saturated rings. The highest BCUT2D eigenvalue weighted by molar-refractivity contribution is 6.05. The fourth-order valence-corrected chi connectivity index (χ4v) is 2.62. The number of rotatable bonds is 7. The molecule has 0 aliphatic carbocycles. The van der Waals surface area contributed by atoms with E-state index in [4.69, 9.17) is 4.74 Å². The van der Waals surface area contributed by atoms with Crippen LogP contribution in [0.5, 0.6) is 0 Å². The Balaban J connectivity index is 2.23. The van der Waals surface area contributed by atoms with Crippen LogP contribution < -0.4 is 10.2 Å². The number of hydrogen-bond donors (Lipinski definition) is 1. The van der Waals surface area contributed by atoms with E-state index >= 15 is 0 Å². The third-order valence-corrected chi connectivity index (χ3v) is 4.17. The molecule has 1 amide bonds. The fourth-order valence-electron chi connectivity index (χ4n) is 2.62. The summed E-state index contributed by atoms with van der Waals surface area (Å²) in [7, 11) is 3.88. The lowest BCUT2D eigenvalue weighted by Gasteiger charge is -2.19. The number of ether oxygens (including phenoxy) is 1. The molecule has 5 heteroatoms. The minimum absolute atomic E-state index is 0.243. The summed E-state index contributed by atoms with van der Waals surface area (Å²) in [5.41, 5.74) is 3.52. The van der Waals surface area contributed by atoms with Gasteiger partial charge in [0.05, 0.1) is 6.61 Å². The lowest BCUT2D eigenvalue weighted by atomic mass is 9.98. The van der Waals surface area contributed by atoms with Crippen LogP contribution in [-0.4, -0.2) is 32.6 Å². The standard InChI is InChI=1S/C21H26N2O3/c1-5-26-21(25)18(13-16-9-7-6-8-10-16)20(24)22-19-14-17(23(3)4)12-11-15(19)2/h6-12,14,18H,5,13H2,1-4H3,(H,22,24). The zero-order chi connectivity index (χ0) is 19.1. The Morgan fingerprint density at radius 2 is 1.81 bits per heavy atom. The second-order valence-corrected chi connectivity index (χ2v) is 6.38. The molecule has 0 bridgehead atoms. The van der Waals surface area contributed by atoms with Crippen LogP contribution in [0.2, 0.25) is 0 Å². The summed E-state index contributed by atoms with van der Waals surface area (Å²) < 4.78 is 5.12. The summed E-state index contributed by atoms with van der Waals surface area (Å²) in [4.78, 5) is 27.1. The summed E-state index contributed by atoms with van der Waals surface area (Å²) in [5, 5.41) is 2.90.